The first-order valence-corrected chi connectivity index (χ1v) is 7.61. The maximum absolute atomic E-state index is 12.5. The van der Waals surface area contributed by atoms with Gasteiger partial charge in [-0.15, -0.1) is 5.10 Å². The van der Waals surface area contributed by atoms with Crippen molar-refractivity contribution in [3.63, 3.8) is 0 Å². The molecule has 3 atom stereocenters. The molecule has 0 radical (unpaired) electrons. The van der Waals surface area contributed by atoms with Crippen LogP contribution in [0.1, 0.15) is 48.7 Å². The summed E-state index contributed by atoms with van der Waals surface area (Å²) in [5, 5.41) is 3.78. The predicted molar refractivity (Wildman–Crippen MR) is 70.5 cm³/mol. The van der Waals surface area contributed by atoms with Crippen LogP contribution in [0.4, 0.5) is 0 Å². The maximum Gasteiger partial charge on any atom is 0.267 e. The zero-order valence-electron chi connectivity index (χ0n) is 10.7. The number of nitrogens with zero attached hydrogens (tertiary/aromatic N) is 3. The van der Waals surface area contributed by atoms with Crippen molar-refractivity contribution in [2.24, 2.45) is 11.8 Å². The van der Waals surface area contributed by atoms with Gasteiger partial charge in [-0.3, -0.25) is 4.79 Å². The Morgan fingerprint density at radius 3 is 3.11 bits per heavy atom. The Kier molecular flexibility index (Phi) is 3.33. The first-order valence-electron chi connectivity index (χ1n) is 6.84. The monoisotopic (exact) mass is 265 g/mol. The molecule has 0 spiro atoms. The molecule has 1 aromatic heterocycles. The Balaban J connectivity index is 1.77. The molecule has 1 aliphatic carbocycles. The molecule has 3 rings (SSSR count). The average molecular weight is 265 g/mol. The number of hydrogen-bond acceptors (Lipinski definition) is 4. The number of aromatic nitrogens is 2. The van der Waals surface area contributed by atoms with E-state index in [2.05, 4.69) is 21.4 Å². The van der Waals surface area contributed by atoms with Gasteiger partial charge in [0, 0.05) is 12.6 Å². The number of rotatable bonds is 1. The summed E-state index contributed by atoms with van der Waals surface area (Å²) in [7, 11) is 0. The van der Waals surface area contributed by atoms with Crippen LogP contribution in [0.2, 0.25) is 0 Å². The summed E-state index contributed by atoms with van der Waals surface area (Å²) < 4.78 is 3.80. The number of amides is 1. The lowest BCUT2D eigenvalue weighted by Gasteiger charge is -2.45. The number of fused-ring (bicyclic) bond motifs is 1. The highest BCUT2D eigenvalue weighted by atomic mass is 32.1. The molecule has 5 heteroatoms. The lowest BCUT2D eigenvalue weighted by Crippen LogP contribution is -2.50. The second kappa shape index (κ2) is 4.96. The summed E-state index contributed by atoms with van der Waals surface area (Å²) in [5.41, 5.74) is 0. The van der Waals surface area contributed by atoms with Gasteiger partial charge < -0.3 is 4.90 Å². The standard InChI is InChI=1S/C13H19N3OS/c1-9-4-5-11-10(7-9)3-2-6-16(11)13(17)12-8-14-15-18-12/h8-11H,2-7H2,1H3. The van der Waals surface area contributed by atoms with Crippen LogP contribution in [-0.4, -0.2) is 33.0 Å². The Morgan fingerprint density at radius 1 is 1.44 bits per heavy atom. The van der Waals surface area contributed by atoms with Crippen LogP contribution in [0, 0.1) is 11.8 Å². The van der Waals surface area contributed by atoms with Crippen LogP contribution in [0.15, 0.2) is 6.20 Å². The van der Waals surface area contributed by atoms with Gasteiger partial charge in [-0.25, -0.2) is 0 Å². The van der Waals surface area contributed by atoms with E-state index < -0.39 is 0 Å². The molecule has 0 bridgehead atoms. The summed E-state index contributed by atoms with van der Waals surface area (Å²) in [4.78, 5) is 15.2. The van der Waals surface area contributed by atoms with Crippen molar-refractivity contribution in [2.75, 3.05) is 6.54 Å². The molecule has 1 saturated heterocycles. The number of carbonyl (C=O) groups excluding carboxylic acids is 1. The number of hydrogen-bond donors (Lipinski definition) is 0. The van der Waals surface area contributed by atoms with Gasteiger partial charge in [0.2, 0.25) is 0 Å². The third kappa shape index (κ3) is 2.16. The molecule has 4 nitrogen and oxygen atoms in total. The molecule has 2 heterocycles. The first-order chi connectivity index (χ1) is 8.75. The molecule has 1 amide bonds. The van der Waals surface area contributed by atoms with Crippen molar-refractivity contribution in [1.29, 1.82) is 0 Å². The Hall–Kier alpha value is -0.970. The topological polar surface area (TPSA) is 46.1 Å². The Morgan fingerprint density at radius 2 is 2.33 bits per heavy atom. The minimum Gasteiger partial charge on any atom is -0.335 e. The molecule has 1 saturated carbocycles. The van der Waals surface area contributed by atoms with Gasteiger partial charge in [0.15, 0.2) is 0 Å². The molecule has 3 unspecified atom stereocenters. The molecule has 0 aromatic carbocycles. The minimum absolute atomic E-state index is 0.147. The van der Waals surface area contributed by atoms with Crippen LogP contribution < -0.4 is 0 Å². The van der Waals surface area contributed by atoms with Gasteiger partial charge in [-0.05, 0) is 55.5 Å². The lowest BCUT2D eigenvalue weighted by molar-refractivity contribution is 0.0326. The number of carbonyl (C=O) groups is 1. The lowest BCUT2D eigenvalue weighted by atomic mass is 9.74. The van der Waals surface area contributed by atoms with Crippen molar-refractivity contribution >= 4 is 17.4 Å². The van der Waals surface area contributed by atoms with E-state index in [0.717, 1.165) is 18.9 Å². The third-order valence-electron chi connectivity index (χ3n) is 4.41. The van der Waals surface area contributed by atoms with Crippen molar-refractivity contribution in [3.8, 4) is 0 Å². The minimum atomic E-state index is 0.147. The molecular formula is C13H19N3OS. The zero-order valence-corrected chi connectivity index (χ0v) is 11.5. The number of piperidine rings is 1. The molecule has 2 aliphatic rings. The van der Waals surface area contributed by atoms with E-state index >= 15 is 0 Å². The molecule has 0 N–H and O–H groups in total. The van der Waals surface area contributed by atoms with Gasteiger partial charge in [0.25, 0.3) is 5.91 Å². The third-order valence-corrected chi connectivity index (χ3v) is 5.06. The number of likely N-dealkylation sites (tertiary alicyclic amines) is 1. The fraction of sp³-hybridized carbons (Fsp3) is 0.769. The van der Waals surface area contributed by atoms with Crippen LogP contribution in [0.3, 0.4) is 0 Å². The highest BCUT2D eigenvalue weighted by Gasteiger charge is 2.38. The van der Waals surface area contributed by atoms with Crippen LogP contribution in [0.25, 0.3) is 0 Å². The summed E-state index contributed by atoms with van der Waals surface area (Å²) >= 11 is 1.21. The van der Waals surface area contributed by atoms with E-state index in [1.165, 1.54) is 37.2 Å². The summed E-state index contributed by atoms with van der Waals surface area (Å²) in [6, 6.07) is 0.463. The van der Waals surface area contributed by atoms with Crippen molar-refractivity contribution in [1.82, 2.24) is 14.5 Å². The SMILES string of the molecule is CC1CCC2C(CCCN2C(=O)c2cnns2)C1. The first kappa shape index (κ1) is 12.1. The highest BCUT2D eigenvalue weighted by Crippen LogP contribution is 2.38. The average Bonchev–Trinajstić information content (AvgIpc) is 2.90. The van der Waals surface area contributed by atoms with Gasteiger partial charge >= 0.3 is 0 Å². The Labute approximate surface area is 112 Å². The molecular weight excluding hydrogens is 246 g/mol. The van der Waals surface area contributed by atoms with E-state index in [0.29, 0.717) is 16.8 Å². The van der Waals surface area contributed by atoms with E-state index in [4.69, 9.17) is 0 Å². The van der Waals surface area contributed by atoms with Crippen molar-refractivity contribution in [3.05, 3.63) is 11.1 Å². The van der Waals surface area contributed by atoms with Crippen LogP contribution in [-0.2, 0) is 0 Å². The Bertz CT molecular complexity index is 420. The van der Waals surface area contributed by atoms with Gasteiger partial charge in [0.05, 0.1) is 6.20 Å². The van der Waals surface area contributed by atoms with E-state index in [-0.39, 0.29) is 5.91 Å². The largest absolute Gasteiger partial charge is 0.335 e. The normalized spacial score (nSPS) is 32.1. The fourth-order valence-electron chi connectivity index (χ4n) is 3.55. The second-order valence-electron chi connectivity index (χ2n) is 5.67. The van der Waals surface area contributed by atoms with Gasteiger partial charge in [-0.2, -0.15) is 0 Å². The maximum atomic E-state index is 12.5. The van der Waals surface area contributed by atoms with E-state index in [1.54, 1.807) is 6.20 Å². The van der Waals surface area contributed by atoms with Crippen molar-refractivity contribution < 1.29 is 4.79 Å². The summed E-state index contributed by atoms with van der Waals surface area (Å²) in [6.07, 6.45) is 7.75. The van der Waals surface area contributed by atoms with Gasteiger partial charge in [0.1, 0.15) is 4.88 Å². The second-order valence-corrected chi connectivity index (χ2v) is 6.45. The van der Waals surface area contributed by atoms with Gasteiger partial charge in [-0.1, -0.05) is 11.4 Å². The van der Waals surface area contributed by atoms with E-state index in [9.17, 15) is 4.79 Å². The highest BCUT2D eigenvalue weighted by molar-refractivity contribution is 7.07. The smallest absolute Gasteiger partial charge is 0.267 e. The van der Waals surface area contributed by atoms with Crippen LogP contribution in [0.5, 0.6) is 0 Å². The predicted octanol–water partition coefficient (Wildman–Crippen LogP) is 2.58. The van der Waals surface area contributed by atoms with Crippen molar-refractivity contribution in [2.45, 2.75) is 45.1 Å². The molecule has 98 valence electrons. The van der Waals surface area contributed by atoms with Crippen LogP contribution >= 0.6 is 11.5 Å². The van der Waals surface area contributed by atoms with E-state index in [1.807, 2.05) is 0 Å². The zero-order chi connectivity index (χ0) is 12.5. The summed E-state index contributed by atoms with van der Waals surface area (Å²) in [6.45, 7) is 3.25. The fourth-order valence-corrected chi connectivity index (χ4v) is 4.02. The molecule has 1 aromatic rings. The molecule has 1 aliphatic heterocycles. The molecule has 2 fully saturated rings. The molecule has 18 heavy (non-hydrogen) atoms. The summed E-state index contributed by atoms with van der Waals surface area (Å²) in [5.74, 6) is 1.69. The quantitative estimate of drug-likeness (QED) is 0.784.